The molecule has 0 fully saturated rings. The summed E-state index contributed by atoms with van der Waals surface area (Å²) in [6.07, 6.45) is 0.471. The highest BCUT2D eigenvalue weighted by atomic mass is 16.6. The van der Waals surface area contributed by atoms with Crippen molar-refractivity contribution in [3.05, 3.63) is 90.0 Å². The Labute approximate surface area is 198 Å². The highest BCUT2D eigenvalue weighted by molar-refractivity contribution is 5.95. The molecule has 0 bridgehead atoms. The summed E-state index contributed by atoms with van der Waals surface area (Å²) in [7, 11) is 0. The molecule has 0 heterocycles. The van der Waals surface area contributed by atoms with Crippen LogP contribution < -0.4 is 9.64 Å². The molecule has 1 aliphatic carbocycles. The van der Waals surface area contributed by atoms with Gasteiger partial charge in [0.2, 0.25) is 0 Å². The van der Waals surface area contributed by atoms with Crippen LogP contribution in [0.3, 0.4) is 0 Å². The molecule has 7 heteroatoms. The minimum absolute atomic E-state index is 0.121. The third kappa shape index (κ3) is 5.38. The van der Waals surface area contributed by atoms with E-state index in [0.717, 1.165) is 11.1 Å². The van der Waals surface area contributed by atoms with Gasteiger partial charge < -0.3 is 19.7 Å². The quantitative estimate of drug-likeness (QED) is 0.495. The van der Waals surface area contributed by atoms with Crippen LogP contribution in [0.25, 0.3) is 0 Å². The molecule has 34 heavy (non-hydrogen) atoms. The summed E-state index contributed by atoms with van der Waals surface area (Å²) in [4.78, 5) is 25.5. The number of hydrogen-bond acceptors (Lipinski definition) is 5. The second-order valence-corrected chi connectivity index (χ2v) is 8.13. The van der Waals surface area contributed by atoms with Crippen LogP contribution in [0.5, 0.6) is 5.75 Å². The van der Waals surface area contributed by atoms with E-state index in [0.29, 0.717) is 36.4 Å². The number of nitrogens with zero attached hydrogens (tertiary/aromatic N) is 1. The predicted molar refractivity (Wildman–Crippen MR) is 128 cm³/mol. The lowest BCUT2D eigenvalue weighted by Gasteiger charge is -2.31. The first-order chi connectivity index (χ1) is 16.5. The van der Waals surface area contributed by atoms with Crippen LogP contribution in [-0.2, 0) is 16.0 Å². The predicted octanol–water partition coefficient (Wildman–Crippen LogP) is 4.91. The average molecular weight is 462 g/mol. The lowest BCUT2D eigenvalue weighted by molar-refractivity contribution is -0.139. The lowest BCUT2D eigenvalue weighted by atomic mass is 9.79. The smallest absolute Gasteiger partial charge is 0.418 e. The second-order valence-electron chi connectivity index (χ2n) is 8.13. The standard InChI is InChI=1S/C27H27NO6/c29-24-15-14-23-21(12-7-13-25(23)34-18-26(30)31)22(24)16-17-33-27(32)28(19-8-3-1-4-9-19)20-10-5-2-6-11-20/h1-13,22,24,29H,14-18H2,(H,30,31)/t22-,24-/m1/s1. The molecule has 1 aliphatic rings. The van der Waals surface area contributed by atoms with Gasteiger partial charge in [-0.1, -0.05) is 48.5 Å². The molecule has 7 nitrogen and oxygen atoms in total. The van der Waals surface area contributed by atoms with Gasteiger partial charge in [0.15, 0.2) is 6.61 Å². The van der Waals surface area contributed by atoms with Crippen molar-refractivity contribution >= 4 is 23.4 Å². The number of aliphatic hydroxyl groups is 1. The number of aliphatic hydroxyl groups excluding tert-OH is 1. The van der Waals surface area contributed by atoms with Crippen molar-refractivity contribution in [2.75, 3.05) is 18.1 Å². The second kappa shape index (κ2) is 10.9. The molecule has 3 aromatic carbocycles. The van der Waals surface area contributed by atoms with Gasteiger partial charge in [-0.25, -0.2) is 14.5 Å². The number of carboxylic acids is 1. The van der Waals surface area contributed by atoms with Gasteiger partial charge in [-0.15, -0.1) is 0 Å². The summed E-state index contributed by atoms with van der Waals surface area (Å²) in [5.74, 6) is -0.766. The number of amides is 1. The number of rotatable bonds is 8. The van der Waals surface area contributed by atoms with Crippen molar-refractivity contribution in [3.8, 4) is 5.75 Å². The SMILES string of the molecule is O=C(O)COc1cccc2c1CC[C@@H](O)[C@@H]2CCOC(=O)N(c1ccccc1)c1ccccc1. The Morgan fingerprint density at radius 2 is 1.56 bits per heavy atom. The summed E-state index contributed by atoms with van der Waals surface area (Å²) in [6.45, 7) is -0.299. The normalized spacial score (nSPS) is 16.9. The molecule has 2 N–H and O–H groups in total. The van der Waals surface area contributed by atoms with E-state index in [4.69, 9.17) is 14.6 Å². The molecule has 0 radical (unpaired) electrons. The maximum absolute atomic E-state index is 13.1. The number of para-hydroxylation sites is 2. The average Bonchev–Trinajstić information content (AvgIpc) is 2.85. The topological polar surface area (TPSA) is 96.3 Å². The van der Waals surface area contributed by atoms with Crippen LogP contribution in [0, 0.1) is 0 Å². The van der Waals surface area contributed by atoms with Gasteiger partial charge >= 0.3 is 12.1 Å². The number of ether oxygens (including phenoxy) is 2. The molecule has 1 amide bonds. The van der Waals surface area contributed by atoms with Gasteiger partial charge in [0.1, 0.15) is 5.75 Å². The van der Waals surface area contributed by atoms with Crippen molar-refractivity contribution in [1.82, 2.24) is 0 Å². The molecule has 0 saturated carbocycles. The van der Waals surface area contributed by atoms with Crippen LogP contribution in [-0.4, -0.2) is 41.6 Å². The van der Waals surface area contributed by atoms with Crippen molar-refractivity contribution in [1.29, 1.82) is 0 Å². The molecule has 2 atom stereocenters. The Balaban J connectivity index is 1.47. The monoisotopic (exact) mass is 461 g/mol. The molecular formula is C27H27NO6. The van der Waals surface area contributed by atoms with Gasteiger partial charge in [-0.3, -0.25) is 0 Å². The number of fused-ring (bicyclic) bond motifs is 1. The van der Waals surface area contributed by atoms with Crippen molar-refractivity contribution in [2.24, 2.45) is 0 Å². The van der Waals surface area contributed by atoms with E-state index < -0.39 is 24.8 Å². The summed E-state index contributed by atoms with van der Waals surface area (Å²) < 4.78 is 11.1. The van der Waals surface area contributed by atoms with Crippen LogP contribution in [0.4, 0.5) is 16.2 Å². The zero-order chi connectivity index (χ0) is 23.9. The first-order valence-corrected chi connectivity index (χ1v) is 11.3. The maximum atomic E-state index is 13.1. The number of hydrogen-bond donors (Lipinski definition) is 2. The minimum Gasteiger partial charge on any atom is -0.482 e. The first-order valence-electron chi connectivity index (χ1n) is 11.3. The number of carbonyl (C=O) groups is 2. The first kappa shape index (κ1) is 23.3. The molecule has 0 unspecified atom stereocenters. The Kier molecular flexibility index (Phi) is 7.44. The highest BCUT2D eigenvalue weighted by Crippen LogP contribution is 2.39. The maximum Gasteiger partial charge on any atom is 0.418 e. The molecular weight excluding hydrogens is 434 g/mol. The van der Waals surface area contributed by atoms with Crippen LogP contribution >= 0.6 is 0 Å². The van der Waals surface area contributed by atoms with E-state index in [1.165, 1.54) is 4.90 Å². The number of anilines is 2. The fourth-order valence-electron chi connectivity index (χ4n) is 4.37. The zero-order valence-corrected chi connectivity index (χ0v) is 18.7. The molecule has 176 valence electrons. The van der Waals surface area contributed by atoms with E-state index >= 15 is 0 Å². The summed E-state index contributed by atoms with van der Waals surface area (Å²) in [6, 6.07) is 24.0. The van der Waals surface area contributed by atoms with E-state index in [1.54, 1.807) is 12.1 Å². The summed E-state index contributed by atoms with van der Waals surface area (Å²) >= 11 is 0. The van der Waals surface area contributed by atoms with Crippen molar-refractivity contribution in [2.45, 2.75) is 31.3 Å². The third-order valence-corrected chi connectivity index (χ3v) is 5.94. The zero-order valence-electron chi connectivity index (χ0n) is 18.7. The Bertz CT molecular complexity index is 1080. The lowest BCUT2D eigenvalue weighted by Crippen LogP contribution is -2.30. The number of benzene rings is 3. The number of aliphatic carboxylic acids is 1. The summed E-state index contributed by atoms with van der Waals surface area (Å²) in [5.41, 5.74) is 3.20. The Morgan fingerprint density at radius 3 is 2.18 bits per heavy atom. The summed E-state index contributed by atoms with van der Waals surface area (Å²) in [5, 5.41) is 19.6. The fraction of sp³-hybridized carbons (Fsp3) is 0.259. The number of carbonyl (C=O) groups excluding carboxylic acids is 1. The Hall–Kier alpha value is -3.84. The van der Waals surface area contributed by atoms with Crippen molar-refractivity contribution in [3.63, 3.8) is 0 Å². The molecule has 0 spiro atoms. The highest BCUT2D eigenvalue weighted by Gasteiger charge is 2.30. The third-order valence-electron chi connectivity index (χ3n) is 5.94. The number of carboxylic acid groups (broad SMARTS) is 1. The van der Waals surface area contributed by atoms with Crippen LogP contribution in [0.15, 0.2) is 78.9 Å². The molecule has 3 aromatic rings. The van der Waals surface area contributed by atoms with E-state index in [1.807, 2.05) is 66.7 Å². The van der Waals surface area contributed by atoms with E-state index in [-0.39, 0.29) is 12.5 Å². The van der Waals surface area contributed by atoms with E-state index in [2.05, 4.69) is 0 Å². The minimum atomic E-state index is -1.04. The van der Waals surface area contributed by atoms with Gasteiger partial charge in [0, 0.05) is 5.92 Å². The fourth-order valence-corrected chi connectivity index (χ4v) is 4.37. The van der Waals surface area contributed by atoms with Gasteiger partial charge in [-0.2, -0.15) is 0 Å². The Morgan fingerprint density at radius 1 is 0.912 bits per heavy atom. The molecule has 0 saturated heterocycles. The molecule has 4 rings (SSSR count). The van der Waals surface area contributed by atoms with Gasteiger partial charge in [0.05, 0.1) is 24.1 Å². The molecule has 0 aliphatic heterocycles. The molecule has 0 aromatic heterocycles. The van der Waals surface area contributed by atoms with Crippen LogP contribution in [0.2, 0.25) is 0 Å². The van der Waals surface area contributed by atoms with E-state index in [9.17, 15) is 14.7 Å². The van der Waals surface area contributed by atoms with Crippen LogP contribution in [0.1, 0.15) is 29.9 Å². The van der Waals surface area contributed by atoms with Gasteiger partial charge in [-0.05, 0) is 60.7 Å². The van der Waals surface area contributed by atoms with Gasteiger partial charge in [0.25, 0.3) is 0 Å². The largest absolute Gasteiger partial charge is 0.482 e. The van der Waals surface area contributed by atoms with Crippen molar-refractivity contribution < 1.29 is 29.3 Å².